The summed E-state index contributed by atoms with van der Waals surface area (Å²) in [6, 6.07) is 13.8. The molecule has 26 heavy (non-hydrogen) atoms. The Balaban J connectivity index is 1.81. The van der Waals surface area contributed by atoms with Crippen LogP contribution in [-0.2, 0) is 14.6 Å². The van der Waals surface area contributed by atoms with Gasteiger partial charge < -0.3 is 10.1 Å². The SMILES string of the molecule is CS(=O)(=O)c1ccc(NC2CCOC(c3ccccc3)C2)c([N+](=O)[O-])c1. The molecule has 0 bridgehead atoms. The fraction of sp³-hybridized carbons (Fsp3) is 0.333. The Morgan fingerprint density at radius 1 is 1.19 bits per heavy atom. The van der Waals surface area contributed by atoms with Gasteiger partial charge >= 0.3 is 0 Å². The number of nitrogens with zero attached hydrogens (tertiary/aromatic N) is 1. The summed E-state index contributed by atoms with van der Waals surface area (Å²) in [7, 11) is -3.51. The summed E-state index contributed by atoms with van der Waals surface area (Å²) in [5.74, 6) is 0. The fourth-order valence-electron chi connectivity index (χ4n) is 3.06. The quantitative estimate of drug-likeness (QED) is 0.635. The van der Waals surface area contributed by atoms with Crippen molar-refractivity contribution in [3.63, 3.8) is 0 Å². The van der Waals surface area contributed by atoms with Crippen LogP contribution in [0.5, 0.6) is 0 Å². The zero-order valence-corrected chi connectivity index (χ0v) is 15.1. The Morgan fingerprint density at radius 2 is 1.92 bits per heavy atom. The van der Waals surface area contributed by atoms with Crippen molar-refractivity contribution in [2.75, 3.05) is 18.2 Å². The second kappa shape index (κ2) is 7.43. The van der Waals surface area contributed by atoms with Crippen LogP contribution in [0.3, 0.4) is 0 Å². The maximum Gasteiger partial charge on any atom is 0.293 e. The summed E-state index contributed by atoms with van der Waals surface area (Å²) in [5, 5.41) is 14.6. The van der Waals surface area contributed by atoms with Gasteiger partial charge in [-0.3, -0.25) is 10.1 Å². The van der Waals surface area contributed by atoms with Crippen LogP contribution in [0.15, 0.2) is 53.4 Å². The summed E-state index contributed by atoms with van der Waals surface area (Å²) in [5.41, 5.74) is 1.15. The summed E-state index contributed by atoms with van der Waals surface area (Å²) in [4.78, 5) is 10.7. The van der Waals surface area contributed by atoms with Crippen molar-refractivity contribution < 1.29 is 18.1 Å². The maximum absolute atomic E-state index is 11.6. The average Bonchev–Trinajstić information content (AvgIpc) is 2.62. The molecule has 7 nitrogen and oxygen atoms in total. The van der Waals surface area contributed by atoms with E-state index in [0.29, 0.717) is 25.1 Å². The van der Waals surface area contributed by atoms with Gasteiger partial charge in [-0.05, 0) is 30.5 Å². The topological polar surface area (TPSA) is 98.5 Å². The molecule has 1 fully saturated rings. The van der Waals surface area contributed by atoms with E-state index in [1.54, 1.807) is 0 Å². The van der Waals surface area contributed by atoms with Gasteiger partial charge in [-0.2, -0.15) is 0 Å². The second-order valence-electron chi connectivity index (χ2n) is 6.34. The number of benzene rings is 2. The van der Waals surface area contributed by atoms with E-state index in [1.807, 2.05) is 30.3 Å². The summed E-state index contributed by atoms with van der Waals surface area (Å²) in [6.45, 7) is 0.548. The fourth-order valence-corrected chi connectivity index (χ4v) is 3.70. The molecule has 1 N–H and O–H groups in total. The van der Waals surface area contributed by atoms with Gasteiger partial charge in [0.25, 0.3) is 5.69 Å². The lowest BCUT2D eigenvalue weighted by Crippen LogP contribution is -2.30. The summed E-state index contributed by atoms with van der Waals surface area (Å²) < 4.78 is 29.1. The van der Waals surface area contributed by atoms with E-state index >= 15 is 0 Å². The highest BCUT2D eigenvalue weighted by molar-refractivity contribution is 7.90. The number of sulfone groups is 1. The Kier molecular flexibility index (Phi) is 5.24. The van der Waals surface area contributed by atoms with Crippen molar-refractivity contribution in [3.05, 3.63) is 64.2 Å². The second-order valence-corrected chi connectivity index (χ2v) is 8.36. The number of nitro groups is 1. The number of hydrogen-bond donors (Lipinski definition) is 1. The van der Waals surface area contributed by atoms with E-state index in [0.717, 1.165) is 17.9 Å². The van der Waals surface area contributed by atoms with E-state index < -0.39 is 14.8 Å². The van der Waals surface area contributed by atoms with Crippen LogP contribution >= 0.6 is 0 Å². The number of hydrogen-bond acceptors (Lipinski definition) is 6. The van der Waals surface area contributed by atoms with Crippen LogP contribution in [0.25, 0.3) is 0 Å². The molecule has 0 saturated carbocycles. The minimum Gasteiger partial charge on any atom is -0.377 e. The zero-order chi connectivity index (χ0) is 18.7. The van der Waals surface area contributed by atoms with Crippen molar-refractivity contribution >= 4 is 21.2 Å². The molecule has 2 aromatic carbocycles. The van der Waals surface area contributed by atoms with Crippen LogP contribution in [0.2, 0.25) is 0 Å². The molecule has 0 amide bonds. The highest BCUT2D eigenvalue weighted by atomic mass is 32.2. The Bertz CT molecular complexity index is 899. The molecule has 8 heteroatoms. The van der Waals surface area contributed by atoms with E-state index in [9.17, 15) is 18.5 Å². The van der Waals surface area contributed by atoms with Crippen molar-refractivity contribution in [2.45, 2.75) is 29.9 Å². The van der Waals surface area contributed by atoms with Crippen molar-refractivity contribution in [1.82, 2.24) is 0 Å². The molecule has 1 saturated heterocycles. The van der Waals surface area contributed by atoms with Gasteiger partial charge in [0.2, 0.25) is 0 Å². The Hall–Kier alpha value is -2.45. The number of rotatable bonds is 5. The Morgan fingerprint density at radius 3 is 2.58 bits per heavy atom. The third-order valence-electron chi connectivity index (χ3n) is 4.41. The first kappa shape index (κ1) is 18.3. The number of ether oxygens (including phenoxy) is 1. The molecule has 1 aliphatic rings. The highest BCUT2D eigenvalue weighted by Gasteiger charge is 2.26. The molecule has 1 heterocycles. The molecular formula is C18H20N2O5S. The van der Waals surface area contributed by atoms with E-state index in [2.05, 4.69) is 5.32 Å². The van der Waals surface area contributed by atoms with E-state index in [1.165, 1.54) is 12.1 Å². The Labute approximate surface area is 152 Å². The summed E-state index contributed by atoms with van der Waals surface area (Å²) in [6.07, 6.45) is 2.35. The normalized spacial score (nSPS) is 20.5. The molecule has 0 spiro atoms. The van der Waals surface area contributed by atoms with Crippen LogP contribution < -0.4 is 5.32 Å². The molecule has 2 unspecified atom stereocenters. The third kappa shape index (κ3) is 4.20. The van der Waals surface area contributed by atoms with E-state index in [-0.39, 0.29) is 22.7 Å². The average molecular weight is 376 g/mol. The first-order valence-corrected chi connectivity index (χ1v) is 10.2. The standard InChI is InChI=1S/C18H20N2O5S/c1-26(23,24)15-7-8-16(17(12-15)20(21)22)19-14-9-10-25-18(11-14)13-5-3-2-4-6-13/h2-8,12,14,18-19H,9-11H2,1H3. The highest BCUT2D eigenvalue weighted by Crippen LogP contribution is 2.33. The van der Waals surface area contributed by atoms with Gasteiger partial charge in [0, 0.05) is 25.0 Å². The van der Waals surface area contributed by atoms with Crippen molar-refractivity contribution in [2.24, 2.45) is 0 Å². The van der Waals surface area contributed by atoms with Gasteiger partial charge in [-0.15, -0.1) is 0 Å². The molecule has 1 aliphatic heterocycles. The van der Waals surface area contributed by atoms with Crippen LogP contribution in [0, 0.1) is 10.1 Å². The molecule has 2 aromatic rings. The van der Waals surface area contributed by atoms with Crippen LogP contribution in [0.4, 0.5) is 11.4 Å². The van der Waals surface area contributed by atoms with Crippen LogP contribution in [-0.4, -0.2) is 32.2 Å². The van der Waals surface area contributed by atoms with Gasteiger partial charge in [0.1, 0.15) is 5.69 Å². The first-order valence-electron chi connectivity index (χ1n) is 8.26. The zero-order valence-electron chi connectivity index (χ0n) is 14.3. The first-order chi connectivity index (χ1) is 12.3. The minimum absolute atomic E-state index is 0.00302. The lowest BCUT2D eigenvalue weighted by Gasteiger charge is -2.31. The predicted octanol–water partition coefficient (Wildman–Crippen LogP) is 3.33. The molecule has 138 valence electrons. The van der Waals surface area contributed by atoms with Gasteiger partial charge in [0.05, 0.1) is 15.9 Å². The molecule has 2 atom stereocenters. The van der Waals surface area contributed by atoms with E-state index in [4.69, 9.17) is 4.74 Å². The number of nitro benzene ring substituents is 1. The lowest BCUT2D eigenvalue weighted by atomic mass is 9.97. The van der Waals surface area contributed by atoms with Gasteiger partial charge in [-0.25, -0.2) is 8.42 Å². The largest absolute Gasteiger partial charge is 0.377 e. The van der Waals surface area contributed by atoms with Crippen LogP contribution in [0.1, 0.15) is 24.5 Å². The molecule has 3 rings (SSSR count). The molecule has 0 aliphatic carbocycles. The number of nitrogens with one attached hydrogen (secondary N) is 1. The summed E-state index contributed by atoms with van der Waals surface area (Å²) >= 11 is 0. The lowest BCUT2D eigenvalue weighted by molar-refractivity contribution is -0.384. The molecular weight excluding hydrogens is 356 g/mol. The van der Waals surface area contributed by atoms with Crippen molar-refractivity contribution in [1.29, 1.82) is 0 Å². The third-order valence-corrected chi connectivity index (χ3v) is 5.52. The minimum atomic E-state index is -3.51. The van der Waals surface area contributed by atoms with Gasteiger partial charge in [0.15, 0.2) is 9.84 Å². The monoisotopic (exact) mass is 376 g/mol. The maximum atomic E-state index is 11.6. The number of anilines is 1. The molecule has 0 aromatic heterocycles. The predicted molar refractivity (Wildman–Crippen MR) is 98.0 cm³/mol. The molecule has 0 radical (unpaired) electrons. The smallest absolute Gasteiger partial charge is 0.293 e. The van der Waals surface area contributed by atoms with Gasteiger partial charge in [-0.1, -0.05) is 30.3 Å². The van der Waals surface area contributed by atoms with Crippen molar-refractivity contribution in [3.8, 4) is 0 Å².